The number of unbranched alkanes of at least 4 members (excludes halogenated alkanes) is 1. The maximum Gasteiger partial charge on any atom is 0.195 e. The quantitative estimate of drug-likeness (QED) is 0.149. The van der Waals surface area contributed by atoms with Crippen LogP contribution in [0.4, 0.5) is 22.0 Å². The van der Waals surface area contributed by atoms with Gasteiger partial charge in [0.25, 0.3) is 0 Å². The van der Waals surface area contributed by atoms with Crippen LogP contribution in [0, 0.1) is 40.9 Å². The second kappa shape index (κ2) is 10.7. The van der Waals surface area contributed by atoms with Crippen LogP contribution in [0.25, 0.3) is 10.8 Å². The highest BCUT2D eigenvalue weighted by Gasteiger charge is 2.14. The van der Waals surface area contributed by atoms with Crippen molar-refractivity contribution in [2.75, 3.05) is 0 Å². The van der Waals surface area contributed by atoms with Crippen molar-refractivity contribution in [3.05, 3.63) is 118 Å². The normalized spacial score (nSPS) is 10.9. The van der Waals surface area contributed by atoms with Crippen molar-refractivity contribution in [2.24, 2.45) is 0 Å². The van der Waals surface area contributed by atoms with Gasteiger partial charge in [-0.25, -0.2) is 22.0 Å². The first-order chi connectivity index (χ1) is 16.9. The van der Waals surface area contributed by atoms with E-state index in [2.05, 4.69) is 30.9 Å². The molecule has 4 rings (SSSR count). The third kappa shape index (κ3) is 5.71. The molecule has 0 heterocycles. The minimum Gasteiger partial charge on any atom is -0.206 e. The lowest BCUT2D eigenvalue weighted by Crippen LogP contribution is -1.98. The fourth-order valence-corrected chi connectivity index (χ4v) is 3.95. The fraction of sp³-hybridized carbons (Fsp3) is 0.200. The topological polar surface area (TPSA) is 0 Å². The van der Waals surface area contributed by atoms with Crippen molar-refractivity contribution in [2.45, 2.75) is 39.0 Å². The Labute approximate surface area is 201 Å². The molecule has 0 aliphatic heterocycles. The van der Waals surface area contributed by atoms with Crippen LogP contribution in [-0.2, 0) is 19.3 Å². The molecule has 0 unspecified atom stereocenters. The summed E-state index contributed by atoms with van der Waals surface area (Å²) in [6.45, 7) is 2.15. The molecule has 178 valence electrons. The number of fused-ring (bicyclic) bond motifs is 1. The van der Waals surface area contributed by atoms with Gasteiger partial charge in [-0.05, 0) is 78.1 Å². The Morgan fingerprint density at radius 1 is 0.600 bits per heavy atom. The van der Waals surface area contributed by atoms with Gasteiger partial charge in [0.2, 0.25) is 0 Å². The van der Waals surface area contributed by atoms with Gasteiger partial charge >= 0.3 is 0 Å². The molecule has 0 aromatic heterocycles. The Kier molecular flexibility index (Phi) is 7.51. The molecular weight excluding hydrogens is 455 g/mol. The van der Waals surface area contributed by atoms with Crippen molar-refractivity contribution < 1.29 is 22.0 Å². The molecule has 0 radical (unpaired) electrons. The van der Waals surface area contributed by atoms with Crippen molar-refractivity contribution in [3.63, 3.8) is 0 Å². The maximum atomic E-state index is 14.6. The van der Waals surface area contributed by atoms with E-state index in [1.807, 2.05) is 12.1 Å². The molecule has 5 heteroatoms. The molecule has 0 aliphatic rings. The molecule has 35 heavy (non-hydrogen) atoms. The summed E-state index contributed by atoms with van der Waals surface area (Å²) in [6, 6.07) is 15.7. The van der Waals surface area contributed by atoms with Crippen LogP contribution in [0.3, 0.4) is 0 Å². The predicted octanol–water partition coefficient (Wildman–Crippen LogP) is 8.06. The van der Waals surface area contributed by atoms with E-state index >= 15 is 0 Å². The molecule has 0 bridgehead atoms. The standard InChI is InChI=1S/C30H23F5/c1-2-3-4-19-5-7-20(8-6-19)9-10-22-16-26(31)25(27(32)17-22)14-12-21-11-13-24-23(15-21)18-28(33)30(35)29(24)34/h5-8,11,13,15-18H,2-4,9-10H2,1H3. The second-order valence-electron chi connectivity index (χ2n) is 8.53. The number of rotatable bonds is 6. The molecule has 0 atom stereocenters. The largest absolute Gasteiger partial charge is 0.206 e. The summed E-state index contributed by atoms with van der Waals surface area (Å²) in [5, 5.41) is -0.00495. The lowest BCUT2D eigenvalue weighted by molar-refractivity contribution is 0.453. The monoisotopic (exact) mass is 478 g/mol. The smallest absolute Gasteiger partial charge is 0.195 e. The van der Waals surface area contributed by atoms with Gasteiger partial charge in [-0.3, -0.25) is 0 Å². The number of hydrogen-bond acceptors (Lipinski definition) is 0. The summed E-state index contributed by atoms with van der Waals surface area (Å²) in [4.78, 5) is 0. The molecule has 4 aromatic carbocycles. The van der Waals surface area contributed by atoms with Crippen LogP contribution in [0.1, 0.15) is 47.6 Å². The Balaban J connectivity index is 1.49. The van der Waals surface area contributed by atoms with E-state index in [-0.39, 0.29) is 21.9 Å². The zero-order chi connectivity index (χ0) is 24.9. The SMILES string of the molecule is CCCCc1ccc(CCc2cc(F)c(C#Cc3ccc4c(F)c(F)c(F)cc4c3)c(F)c2)cc1. The van der Waals surface area contributed by atoms with E-state index < -0.39 is 29.1 Å². The molecule has 4 aromatic rings. The lowest BCUT2D eigenvalue weighted by Gasteiger charge is -2.06. The lowest BCUT2D eigenvalue weighted by atomic mass is 10.0. The van der Waals surface area contributed by atoms with E-state index in [1.165, 1.54) is 35.9 Å². The van der Waals surface area contributed by atoms with Gasteiger partial charge in [0.1, 0.15) is 11.6 Å². The van der Waals surface area contributed by atoms with Gasteiger partial charge in [0, 0.05) is 10.9 Å². The number of aryl methyl sites for hydroxylation is 3. The van der Waals surface area contributed by atoms with Gasteiger partial charge in [-0.15, -0.1) is 0 Å². The first kappa shape index (κ1) is 24.5. The molecule has 0 spiro atoms. The summed E-state index contributed by atoms with van der Waals surface area (Å²) in [7, 11) is 0. The highest BCUT2D eigenvalue weighted by molar-refractivity contribution is 5.84. The number of benzene rings is 4. The van der Waals surface area contributed by atoms with E-state index in [4.69, 9.17) is 0 Å². The highest BCUT2D eigenvalue weighted by atomic mass is 19.2. The number of hydrogen-bond donors (Lipinski definition) is 0. The molecule has 0 saturated heterocycles. The van der Waals surface area contributed by atoms with E-state index in [0.717, 1.165) is 30.9 Å². The summed E-state index contributed by atoms with van der Waals surface area (Å²) in [6.07, 6.45) is 4.46. The van der Waals surface area contributed by atoms with Crippen LogP contribution in [0.5, 0.6) is 0 Å². The fourth-order valence-electron chi connectivity index (χ4n) is 3.95. The Hall–Kier alpha value is -3.65. The minimum atomic E-state index is -1.55. The van der Waals surface area contributed by atoms with Crippen LogP contribution in [0.15, 0.2) is 60.7 Å². The first-order valence-corrected chi connectivity index (χ1v) is 11.5. The Bertz CT molecular complexity index is 1400. The molecule has 0 N–H and O–H groups in total. The summed E-state index contributed by atoms with van der Waals surface area (Å²) in [5.41, 5.74) is 2.81. The summed E-state index contributed by atoms with van der Waals surface area (Å²) < 4.78 is 70.0. The molecular formula is C30H23F5. The number of halogens is 5. The van der Waals surface area contributed by atoms with Gasteiger partial charge < -0.3 is 0 Å². The zero-order valence-corrected chi connectivity index (χ0v) is 19.2. The van der Waals surface area contributed by atoms with Gasteiger partial charge in [0.05, 0.1) is 5.56 Å². The third-order valence-corrected chi connectivity index (χ3v) is 5.95. The van der Waals surface area contributed by atoms with Gasteiger partial charge in [-0.1, -0.05) is 55.5 Å². The molecule has 0 nitrogen and oxygen atoms in total. The molecule has 0 aliphatic carbocycles. The average molecular weight is 479 g/mol. The summed E-state index contributed by atoms with van der Waals surface area (Å²) in [5.74, 6) is -0.632. The van der Waals surface area contributed by atoms with E-state index in [9.17, 15) is 22.0 Å². The summed E-state index contributed by atoms with van der Waals surface area (Å²) >= 11 is 0. The van der Waals surface area contributed by atoms with Gasteiger partial charge in [0.15, 0.2) is 17.5 Å². The van der Waals surface area contributed by atoms with E-state index in [0.29, 0.717) is 18.4 Å². The third-order valence-electron chi connectivity index (χ3n) is 5.95. The van der Waals surface area contributed by atoms with Crippen molar-refractivity contribution in [3.8, 4) is 11.8 Å². The first-order valence-electron chi connectivity index (χ1n) is 11.5. The van der Waals surface area contributed by atoms with Crippen LogP contribution < -0.4 is 0 Å². The van der Waals surface area contributed by atoms with Crippen molar-refractivity contribution >= 4 is 10.8 Å². The predicted molar refractivity (Wildman–Crippen MR) is 129 cm³/mol. The van der Waals surface area contributed by atoms with Gasteiger partial charge in [-0.2, -0.15) is 0 Å². The highest BCUT2D eigenvalue weighted by Crippen LogP contribution is 2.24. The van der Waals surface area contributed by atoms with Crippen LogP contribution in [0.2, 0.25) is 0 Å². The van der Waals surface area contributed by atoms with Crippen LogP contribution in [-0.4, -0.2) is 0 Å². The molecule has 0 saturated carbocycles. The molecule has 0 amide bonds. The minimum absolute atomic E-state index is 0.0999. The maximum absolute atomic E-state index is 14.6. The average Bonchev–Trinajstić information content (AvgIpc) is 2.85. The van der Waals surface area contributed by atoms with Crippen molar-refractivity contribution in [1.82, 2.24) is 0 Å². The zero-order valence-electron chi connectivity index (χ0n) is 19.2. The Morgan fingerprint density at radius 3 is 1.89 bits per heavy atom. The Morgan fingerprint density at radius 2 is 1.23 bits per heavy atom. The second-order valence-corrected chi connectivity index (χ2v) is 8.53. The molecule has 0 fully saturated rings. The van der Waals surface area contributed by atoms with Crippen LogP contribution >= 0.6 is 0 Å². The van der Waals surface area contributed by atoms with E-state index in [1.54, 1.807) is 0 Å². The van der Waals surface area contributed by atoms with Crippen molar-refractivity contribution in [1.29, 1.82) is 0 Å².